The summed E-state index contributed by atoms with van der Waals surface area (Å²) in [7, 11) is -2.69. The van der Waals surface area contributed by atoms with Gasteiger partial charge in [-0.15, -0.1) is 0 Å². The van der Waals surface area contributed by atoms with E-state index in [0.717, 1.165) is 29.8 Å². The Morgan fingerprint density at radius 3 is 2.58 bits per heavy atom. The second kappa shape index (κ2) is 18.4. The smallest absolute Gasteiger partial charge is 0.459 e. The van der Waals surface area contributed by atoms with Crippen molar-refractivity contribution in [2.24, 2.45) is 0 Å². The number of rotatable bonds is 19. The second-order valence-electron chi connectivity index (χ2n) is 13.8. The first-order valence-electron chi connectivity index (χ1n) is 18.8. The number of carbonyl (C=O) groups excluding carboxylic acids is 2. The van der Waals surface area contributed by atoms with Gasteiger partial charge in [-0.2, -0.15) is 15.4 Å². The molecule has 2 aliphatic heterocycles. The lowest BCUT2D eigenvalue weighted by atomic mass is 9.92. The van der Waals surface area contributed by atoms with Crippen LogP contribution in [0.15, 0.2) is 73.1 Å². The Balaban J connectivity index is 1.21. The maximum Gasteiger partial charge on any atom is 0.459 e. The summed E-state index contributed by atoms with van der Waals surface area (Å²) in [6.45, 7) is 1.53. The van der Waals surface area contributed by atoms with E-state index in [4.69, 9.17) is 29.0 Å². The van der Waals surface area contributed by atoms with E-state index in [0.29, 0.717) is 31.2 Å². The minimum absolute atomic E-state index is 0.000843. The highest BCUT2D eigenvalue weighted by Crippen LogP contribution is 2.48. The molecule has 4 heterocycles. The molecule has 17 nitrogen and oxygen atoms in total. The van der Waals surface area contributed by atoms with E-state index in [9.17, 15) is 29.6 Å². The zero-order chi connectivity index (χ0) is 40.6. The highest BCUT2D eigenvalue weighted by molar-refractivity contribution is 7.52. The number of nitrogen functional groups attached to an aromatic ring is 1. The predicted molar refractivity (Wildman–Crippen MR) is 205 cm³/mol. The number of carbonyl (C=O) groups is 2. The van der Waals surface area contributed by atoms with Gasteiger partial charge >= 0.3 is 19.7 Å². The number of fused-ring (bicyclic) bond motifs is 2. The van der Waals surface area contributed by atoms with E-state index in [1.54, 1.807) is 36.4 Å². The molecule has 2 aromatic heterocycles. The van der Waals surface area contributed by atoms with Crippen molar-refractivity contribution in [3.8, 4) is 11.8 Å². The topological polar surface area (TPSA) is 233 Å². The highest BCUT2D eigenvalue weighted by Gasteiger charge is 2.58. The summed E-state index contributed by atoms with van der Waals surface area (Å²) in [5.41, 5.74) is 7.09. The number of esters is 2. The van der Waals surface area contributed by atoms with Gasteiger partial charge in [0.15, 0.2) is 11.5 Å². The van der Waals surface area contributed by atoms with E-state index in [1.807, 2.05) is 48.9 Å². The molecule has 302 valence electrons. The number of aliphatic hydroxyl groups is 2. The van der Waals surface area contributed by atoms with Crippen LogP contribution in [0.5, 0.6) is 5.75 Å². The van der Waals surface area contributed by atoms with Gasteiger partial charge in [-0.3, -0.25) is 14.1 Å². The molecule has 2 aromatic carbocycles. The monoisotopic (exact) mass is 804 g/mol. The van der Waals surface area contributed by atoms with Crippen LogP contribution in [0.2, 0.25) is 0 Å². The van der Waals surface area contributed by atoms with Crippen molar-refractivity contribution in [2.75, 3.05) is 32.6 Å². The molecule has 0 saturated carbocycles. The van der Waals surface area contributed by atoms with Crippen molar-refractivity contribution < 1.29 is 52.2 Å². The normalized spacial score (nSPS) is 21.8. The van der Waals surface area contributed by atoms with Crippen molar-refractivity contribution in [1.29, 1.82) is 5.26 Å². The van der Waals surface area contributed by atoms with E-state index < -0.39 is 50.3 Å². The third-order valence-electron chi connectivity index (χ3n) is 9.90. The van der Waals surface area contributed by atoms with Gasteiger partial charge in [0.25, 0.3) is 0 Å². The van der Waals surface area contributed by atoms with Crippen LogP contribution in [-0.2, 0) is 44.9 Å². The molecular weight excluding hydrogens is 757 g/mol. The Bertz CT molecular complexity index is 2180. The molecule has 6 atom stereocenters. The van der Waals surface area contributed by atoms with Crippen LogP contribution in [0, 0.1) is 11.3 Å². The van der Waals surface area contributed by atoms with Crippen LogP contribution in [0.4, 0.5) is 11.5 Å². The third kappa shape index (κ3) is 9.34. The molecule has 18 heteroatoms. The molecule has 2 unspecified atom stereocenters. The summed E-state index contributed by atoms with van der Waals surface area (Å²) in [6, 6.07) is 19.7. The molecule has 0 radical (unpaired) electrons. The fraction of sp³-hybridized carbons (Fsp3) is 0.436. The summed E-state index contributed by atoms with van der Waals surface area (Å²) >= 11 is 0. The average Bonchev–Trinajstić information content (AvgIpc) is 3.87. The van der Waals surface area contributed by atoms with Gasteiger partial charge in [0.1, 0.15) is 55.1 Å². The summed E-state index contributed by atoms with van der Waals surface area (Å²) < 4.78 is 46.9. The highest BCUT2D eigenvalue weighted by atomic mass is 31.2. The molecule has 1 saturated heterocycles. The summed E-state index contributed by atoms with van der Waals surface area (Å²) in [4.78, 5) is 29.7. The molecule has 1 fully saturated rings. The fourth-order valence-corrected chi connectivity index (χ4v) is 8.30. The quantitative estimate of drug-likeness (QED) is 0.0458. The SMILES string of the molecule is CCCCC(=O)OCCCCOC(=O)C(CC1=[N+](C)c2ccccc2C1)NP(=O)(OC[C@H]1O[C@@](C#N)(c2ccc3c(N)ncnn23)[C@H](O)[C@@H]1O)Oc1ccccc1. The minimum Gasteiger partial charge on any atom is -0.466 e. The van der Waals surface area contributed by atoms with Crippen molar-refractivity contribution in [3.05, 3.63) is 84.3 Å². The number of benzene rings is 2. The van der Waals surface area contributed by atoms with Crippen LogP contribution in [0.1, 0.15) is 56.7 Å². The Morgan fingerprint density at radius 1 is 1.11 bits per heavy atom. The second-order valence-corrected chi connectivity index (χ2v) is 15.5. The molecule has 0 aliphatic carbocycles. The summed E-state index contributed by atoms with van der Waals surface area (Å²) in [5.74, 6) is -0.745. The maximum absolute atomic E-state index is 14.8. The number of para-hydroxylation sites is 2. The molecule has 57 heavy (non-hydrogen) atoms. The summed E-state index contributed by atoms with van der Waals surface area (Å²) in [5, 5.41) is 39.8. The third-order valence-corrected chi connectivity index (χ3v) is 11.5. The molecule has 2 aliphatic rings. The standard InChI is InChI=1S/C39H47N7O10P/c1-3-4-16-34(47)52-19-10-11-20-53-38(50)29(22-27-21-26-12-8-9-15-30(26)45(27)2)44-57(51,56-28-13-6-5-7-14-28)54-23-32-35(48)36(49)39(24-40,55-32)33-18-17-31-37(41)42-25-43-46(31)33/h5-9,12-15,17-18,25,29,32,35-36,48-49H,3-4,10-11,16,19-23H2,1-2H3,(H,44,51)(H2,41,42,43)/q+1/t29?,32-,35-,36-,39+,57?/m1/s1. The van der Waals surface area contributed by atoms with E-state index >= 15 is 0 Å². The number of hydrogen-bond acceptors (Lipinski definition) is 14. The lowest BCUT2D eigenvalue weighted by Gasteiger charge is -2.26. The van der Waals surface area contributed by atoms with Crippen LogP contribution in [-0.4, -0.2) is 98.3 Å². The molecule has 4 aromatic rings. The van der Waals surface area contributed by atoms with Gasteiger partial charge < -0.3 is 34.7 Å². The van der Waals surface area contributed by atoms with Gasteiger partial charge in [0.2, 0.25) is 11.3 Å². The number of nitrogens with zero attached hydrogens (tertiary/aromatic N) is 5. The van der Waals surface area contributed by atoms with Gasteiger partial charge in [-0.1, -0.05) is 49.7 Å². The first kappa shape index (κ1) is 41.4. The molecule has 0 spiro atoms. The summed E-state index contributed by atoms with van der Waals surface area (Å²) in [6.07, 6.45) is -0.305. The van der Waals surface area contributed by atoms with E-state index in [1.165, 1.54) is 16.9 Å². The number of anilines is 1. The van der Waals surface area contributed by atoms with Crippen LogP contribution in [0.3, 0.4) is 0 Å². The molecule has 6 rings (SSSR count). The lowest BCUT2D eigenvalue weighted by Crippen LogP contribution is -2.41. The number of nitrogens with two attached hydrogens (primary N) is 1. The number of aliphatic hydroxyl groups excluding tert-OH is 2. The van der Waals surface area contributed by atoms with Gasteiger partial charge in [0.05, 0.1) is 38.4 Å². The number of nitrogens with one attached hydrogen (secondary N) is 1. The van der Waals surface area contributed by atoms with Gasteiger partial charge in [-0.25, -0.2) is 18.6 Å². The fourth-order valence-electron chi connectivity index (χ4n) is 6.80. The van der Waals surface area contributed by atoms with Crippen molar-refractivity contribution >= 4 is 42.4 Å². The first-order chi connectivity index (χ1) is 27.5. The number of hydrogen-bond donors (Lipinski definition) is 4. The van der Waals surface area contributed by atoms with Crippen molar-refractivity contribution in [2.45, 2.75) is 81.8 Å². The molecule has 0 amide bonds. The zero-order valence-electron chi connectivity index (χ0n) is 31.7. The first-order valence-corrected chi connectivity index (χ1v) is 20.3. The molecular formula is C39H47N7O10P+. The van der Waals surface area contributed by atoms with E-state index in [2.05, 4.69) is 15.2 Å². The van der Waals surface area contributed by atoms with Crippen molar-refractivity contribution in [1.82, 2.24) is 19.7 Å². The Kier molecular flexibility index (Phi) is 13.4. The zero-order valence-corrected chi connectivity index (χ0v) is 32.6. The van der Waals surface area contributed by atoms with Crippen LogP contribution >= 0.6 is 7.75 Å². The van der Waals surface area contributed by atoms with Gasteiger partial charge in [0, 0.05) is 18.1 Å². The van der Waals surface area contributed by atoms with Gasteiger partial charge in [-0.05, 0) is 43.5 Å². The maximum atomic E-state index is 14.8. The number of ether oxygens (including phenoxy) is 3. The Labute approximate surface area is 329 Å². The average molecular weight is 805 g/mol. The lowest BCUT2D eigenvalue weighted by molar-refractivity contribution is -0.403. The Morgan fingerprint density at radius 2 is 1.84 bits per heavy atom. The van der Waals surface area contributed by atoms with E-state index in [-0.39, 0.29) is 42.9 Å². The van der Waals surface area contributed by atoms with Crippen LogP contribution in [0.25, 0.3) is 5.52 Å². The Hall–Kier alpha value is -5.21. The number of unbranched alkanes of at least 4 members (excludes halogenated alkanes) is 2. The van der Waals surface area contributed by atoms with Crippen molar-refractivity contribution in [3.63, 3.8) is 0 Å². The molecule has 0 bridgehead atoms. The molecule has 5 N–H and O–H groups in total. The largest absolute Gasteiger partial charge is 0.466 e. The predicted octanol–water partition coefficient (Wildman–Crippen LogP) is 3.73. The van der Waals surface area contributed by atoms with Crippen LogP contribution < -0.4 is 15.3 Å². The number of aromatic nitrogens is 3. The minimum atomic E-state index is -4.56. The number of nitriles is 1.